The number of morpholine rings is 1. The number of nitrogens with one attached hydrogen (secondary N) is 3. The molecule has 0 saturated carbocycles. The summed E-state index contributed by atoms with van der Waals surface area (Å²) in [5.41, 5.74) is 5.46. The second-order valence-corrected chi connectivity index (χ2v) is 9.82. The van der Waals surface area contributed by atoms with Gasteiger partial charge in [-0.2, -0.15) is 0 Å². The second-order valence-electron chi connectivity index (χ2n) is 9.82. The van der Waals surface area contributed by atoms with Gasteiger partial charge in [-0.1, -0.05) is 24.3 Å². The quantitative estimate of drug-likeness (QED) is 0.309. The maximum absolute atomic E-state index is 13.4. The summed E-state index contributed by atoms with van der Waals surface area (Å²) in [5, 5.41) is 4.48. The van der Waals surface area contributed by atoms with Gasteiger partial charge >= 0.3 is 0 Å². The maximum Gasteiger partial charge on any atom is 0.261 e. The zero-order valence-corrected chi connectivity index (χ0v) is 21.2. The van der Waals surface area contributed by atoms with Gasteiger partial charge in [0.2, 0.25) is 0 Å². The standard InChI is InChI=1S/C29H30N6O2/c1-17-15-35(16-18(2)37-17)20-11-12-24-25(14-20)33-28(32-24)26-27(31-19(3)22-9-6-7-13-30-22)21-8-4-5-10-23(21)34-29(26)36/h4-14,17-19H,15-16H2,1-3H3,(H,32,33)(H2,31,34,36)/t17-,18+,19?. The predicted octanol–water partition coefficient (Wildman–Crippen LogP) is 5.25. The lowest BCUT2D eigenvalue weighted by molar-refractivity contribution is -0.00521. The molecule has 2 aromatic carbocycles. The van der Waals surface area contributed by atoms with Crippen molar-refractivity contribution in [1.82, 2.24) is 19.9 Å². The van der Waals surface area contributed by atoms with Crippen molar-refractivity contribution in [2.75, 3.05) is 23.3 Å². The molecule has 8 nitrogen and oxygen atoms in total. The van der Waals surface area contributed by atoms with Gasteiger partial charge in [0, 0.05) is 30.4 Å². The molecule has 3 aromatic heterocycles. The number of anilines is 2. The first kappa shape index (κ1) is 23.2. The van der Waals surface area contributed by atoms with E-state index in [2.05, 4.69) is 51.1 Å². The van der Waals surface area contributed by atoms with Crippen molar-refractivity contribution in [1.29, 1.82) is 0 Å². The molecule has 0 radical (unpaired) electrons. The van der Waals surface area contributed by atoms with E-state index < -0.39 is 0 Å². The number of pyridine rings is 2. The van der Waals surface area contributed by atoms with E-state index in [1.54, 1.807) is 6.20 Å². The Morgan fingerprint density at radius 3 is 2.57 bits per heavy atom. The second kappa shape index (κ2) is 9.37. The topological polar surface area (TPSA) is 98.9 Å². The van der Waals surface area contributed by atoms with Crippen molar-refractivity contribution >= 4 is 33.3 Å². The van der Waals surface area contributed by atoms with Gasteiger partial charge in [0.1, 0.15) is 11.4 Å². The normalized spacial score (nSPS) is 18.8. The third-order valence-corrected chi connectivity index (χ3v) is 6.90. The molecule has 1 aliphatic heterocycles. The van der Waals surface area contributed by atoms with E-state index in [4.69, 9.17) is 9.72 Å². The van der Waals surface area contributed by atoms with E-state index in [1.165, 1.54) is 0 Å². The lowest BCUT2D eigenvalue weighted by Gasteiger charge is -2.36. The number of fused-ring (bicyclic) bond motifs is 2. The number of nitrogens with zero attached hydrogens (tertiary/aromatic N) is 3. The van der Waals surface area contributed by atoms with E-state index in [1.807, 2.05) is 55.5 Å². The first-order valence-electron chi connectivity index (χ1n) is 12.7. The molecule has 0 bridgehead atoms. The minimum atomic E-state index is -0.204. The van der Waals surface area contributed by atoms with E-state index >= 15 is 0 Å². The van der Waals surface area contributed by atoms with Crippen molar-refractivity contribution in [3.8, 4) is 11.4 Å². The molecule has 0 aliphatic carbocycles. The van der Waals surface area contributed by atoms with Crippen molar-refractivity contribution < 1.29 is 4.74 Å². The summed E-state index contributed by atoms with van der Waals surface area (Å²) < 4.78 is 5.90. The van der Waals surface area contributed by atoms with Gasteiger partial charge in [-0.3, -0.25) is 9.78 Å². The molecule has 4 heterocycles. The van der Waals surface area contributed by atoms with E-state index in [0.29, 0.717) is 11.4 Å². The molecular weight excluding hydrogens is 464 g/mol. The van der Waals surface area contributed by atoms with Gasteiger partial charge in [-0.25, -0.2) is 4.98 Å². The molecule has 5 aromatic rings. The smallest absolute Gasteiger partial charge is 0.261 e. The van der Waals surface area contributed by atoms with Crippen LogP contribution in [0.25, 0.3) is 33.3 Å². The Labute approximate surface area is 214 Å². The average Bonchev–Trinajstić information content (AvgIpc) is 3.31. The van der Waals surface area contributed by atoms with Gasteiger partial charge in [-0.15, -0.1) is 0 Å². The molecule has 8 heteroatoms. The summed E-state index contributed by atoms with van der Waals surface area (Å²) in [7, 11) is 0. The third-order valence-electron chi connectivity index (χ3n) is 6.90. The van der Waals surface area contributed by atoms with Crippen molar-refractivity contribution in [2.45, 2.75) is 39.0 Å². The molecule has 188 valence electrons. The number of ether oxygens (including phenoxy) is 1. The first-order valence-corrected chi connectivity index (χ1v) is 12.7. The molecule has 37 heavy (non-hydrogen) atoms. The van der Waals surface area contributed by atoms with Crippen LogP contribution in [0.15, 0.2) is 71.7 Å². The number of para-hydroxylation sites is 1. The summed E-state index contributed by atoms with van der Waals surface area (Å²) in [6, 6.07) is 19.7. The molecule has 1 unspecified atom stereocenters. The zero-order chi connectivity index (χ0) is 25.5. The van der Waals surface area contributed by atoms with Crippen LogP contribution in [0.5, 0.6) is 0 Å². The Morgan fingerprint density at radius 1 is 1.00 bits per heavy atom. The van der Waals surface area contributed by atoms with Crippen LogP contribution in [0.1, 0.15) is 32.5 Å². The zero-order valence-electron chi connectivity index (χ0n) is 21.2. The molecule has 3 atom stereocenters. The molecule has 1 fully saturated rings. The Balaban J connectivity index is 1.45. The summed E-state index contributed by atoms with van der Waals surface area (Å²) in [5.74, 6) is 0.526. The van der Waals surface area contributed by atoms with Crippen LogP contribution in [0.4, 0.5) is 11.4 Å². The summed E-state index contributed by atoms with van der Waals surface area (Å²) in [4.78, 5) is 31.6. The number of aromatic amines is 2. The number of imidazole rings is 1. The summed E-state index contributed by atoms with van der Waals surface area (Å²) >= 11 is 0. The minimum absolute atomic E-state index is 0.119. The van der Waals surface area contributed by atoms with Gasteiger partial charge in [0.15, 0.2) is 0 Å². The minimum Gasteiger partial charge on any atom is -0.376 e. The Kier molecular flexibility index (Phi) is 5.88. The summed E-state index contributed by atoms with van der Waals surface area (Å²) in [6.07, 6.45) is 2.11. The van der Waals surface area contributed by atoms with Crippen LogP contribution in [-0.2, 0) is 4.74 Å². The lowest BCUT2D eigenvalue weighted by Crippen LogP contribution is -2.45. The van der Waals surface area contributed by atoms with E-state index in [9.17, 15) is 4.79 Å². The number of aromatic nitrogens is 4. The number of hydrogen-bond donors (Lipinski definition) is 3. The highest BCUT2D eigenvalue weighted by molar-refractivity contribution is 5.99. The Hall–Kier alpha value is -4.17. The van der Waals surface area contributed by atoms with Crippen molar-refractivity contribution in [3.05, 3.63) is 82.9 Å². The molecule has 0 spiro atoms. The largest absolute Gasteiger partial charge is 0.376 e. The highest BCUT2D eigenvalue weighted by Gasteiger charge is 2.24. The van der Waals surface area contributed by atoms with Gasteiger partial charge in [0.05, 0.1) is 46.2 Å². The molecular formula is C29H30N6O2. The maximum atomic E-state index is 13.4. The van der Waals surface area contributed by atoms with Crippen LogP contribution >= 0.6 is 0 Å². The monoisotopic (exact) mass is 494 g/mol. The third kappa shape index (κ3) is 4.44. The van der Waals surface area contributed by atoms with Crippen LogP contribution < -0.4 is 15.8 Å². The Bertz CT molecular complexity index is 1620. The number of benzene rings is 2. The van der Waals surface area contributed by atoms with Crippen LogP contribution in [-0.4, -0.2) is 45.2 Å². The fourth-order valence-electron chi connectivity index (χ4n) is 5.24. The fourth-order valence-corrected chi connectivity index (χ4v) is 5.24. The van der Waals surface area contributed by atoms with Gasteiger partial charge < -0.3 is 24.9 Å². The van der Waals surface area contributed by atoms with Crippen molar-refractivity contribution in [2.24, 2.45) is 0 Å². The van der Waals surface area contributed by atoms with Crippen LogP contribution in [0.2, 0.25) is 0 Å². The van der Waals surface area contributed by atoms with E-state index in [0.717, 1.165) is 52.1 Å². The van der Waals surface area contributed by atoms with Gasteiger partial charge in [0.25, 0.3) is 5.56 Å². The number of H-pyrrole nitrogens is 2. The number of rotatable bonds is 5. The van der Waals surface area contributed by atoms with Gasteiger partial charge in [-0.05, 0) is 57.2 Å². The number of hydrogen-bond acceptors (Lipinski definition) is 6. The molecule has 6 rings (SSSR count). The highest BCUT2D eigenvalue weighted by Crippen LogP contribution is 2.34. The molecule has 1 aliphatic rings. The lowest BCUT2D eigenvalue weighted by atomic mass is 10.1. The Morgan fingerprint density at radius 2 is 1.78 bits per heavy atom. The van der Waals surface area contributed by atoms with E-state index in [-0.39, 0.29) is 23.8 Å². The van der Waals surface area contributed by atoms with Crippen molar-refractivity contribution in [3.63, 3.8) is 0 Å². The first-order chi connectivity index (χ1) is 18.0. The molecule has 1 saturated heterocycles. The molecule has 0 amide bonds. The van der Waals surface area contributed by atoms with Crippen LogP contribution in [0.3, 0.4) is 0 Å². The fraction of sp³-hybridized carbons (Fsp3) is 0.276. The average molecular weight is 495 g/mol. The predicted molar refractivity (Wildman–Crippen MR) is 148 cm³/mol. The highest BCUT2D eigenvalue weighted by atomic mass is 16.5. The SMILES string of the molecule is CC(Nc1c(-c2nc3ccc(N4C[C@@H](C)O[C@@H](C)C4)cc3[nH]2)c(=O)[nH]c2ccccc12)c1ccccn1. The molecule has 3 N–H and O–H groups in total. The summed E-state index contributed by atoms with van der Waals surface area (Å²) in [6.45, 7) is 7.91. The van der Waals surface area contributed by atoms with Crippen LogP contribution in [0, 0.1) is 0 Å².